The van der Waals surface area contributed by atoms with Crippen LogP contribution < -0.4 is 15.6 Å². The van der Waals surface area contributed by atoms with Crippen LogP contribution in [-0.4, -0.2) is 28.0 Å². The van der Waals surface area contributed by atoms with Gasteiger partial charge in [-0.1, -0.05) is 24.3 Å². The summed E-state index contributed by atoms with van der Waals surface area (Å²) in [6, 6.07) is 7.49. The Morgan fingerprint density at radius 1 is 1.17 bits per heavy atom. The summed E-state index contributed by atoms with van der Waals surface area (Å²) in [6.07, 6.45) is 2.24. The lowest BCUT2D eigenvalue weighted by Gasteiger charge is -2.35. The van der Waals surface area contributed by atoms with Crippen molar-refractivity contribution >= 4 is 17.5 Å². The first-order chi connectivity index (χ1) is 16.7. The van der Waals surface area contributed by atoms with Crippen LogP contribution in [-0.2, 0) is 13.0 Å². The Labute approximate surface area is 199 Å². The van der Waals surface area contributed by atoms with Gasteiger partial charge in [0.05, 0.1) is 11.7 Å². The zero-order valence-corrected chi connectivity index (χ0v) is 19.2. The fourth-order valence-electron chi connectivity index (χ4n) is 4.84. The third kappa shape index (κ3) is 3.58. The molecule has 1 aromatic heterocycles. The fourth-order valence-corrected chi connectivity index (χ4v) is 4.84. The van der Waals surface area contributed by atoms with E-state index in [-0.39, 0.29) is 41.6 Å². The number of para-hydroxylation sites is 1. The Balaban J connectivity index is 1.50. The lowest BCUT2D eigenvalue weighted by molar-refractivity contribution is 0.0929. The van der Waals surface area contributed by atoms with Crippen LogP contribution in [0.25, 0.3) is 0 Å². The number of hydrogen-bond acceptors (Lipinski definition) is 4. The summed E-state index contributed by atoms with van der Waals surface area (Å²) < 4.78 is 30.6. The highest BCUT2D eigenvalue weighted by Gasteiger charge is 2.39. The summed E-state index contributed by atoms with van der Waals surface area (Å²) in [5, 5.41) is 13.2. The summed E-state index contributed by atoms with van der Waals surface area (Å²) in [4.78, 5) is 40.3. The van der Waals surface area contributed by atoms with Gasteiger partial charge in [0.15, 0.2) is 11.4 Å². The molecule has 0 saturated heterocycles. The fraction of sp³-hybridized carbons (Fsp3) is 0.269. The van der Waals surface area contributed by atoms with Crippen molar-refractivity contribution in [1.82, 2.24) is 9.88 Å². The van der Waals surface area contributed by atoms with Gasteiger partial charge in [-0.05, 0) is 49.4 Å². The zero-order valence-electron chi connectivity index (χ0n) is 19.2. The molecule has 0 aliphatic carbocycles. The number of hydrogen-bond donors (Lipinski definition) is 2. The smallest absolute Gasteiger partial charge is 0.279 e. The van der Waals surface area contributed by atoms with Gasteiger partial charge in [0.1, 0.15) is 17.2 Å². The molecule has 3 aromatic rings. The second-order valence-electron chi connectivity index (χ2n) is 9.00. The summed E-state index contributed by atoms with van der Waals surface area (Å²) >= 11 is 0. The average molecular weight is 479 g/mol. The Kier molecular flexibility index (Phi) is 5.42. The van der Waals surface area contributed by atoms with E-state index in [1.807, 2.05) is 0 Å². The molecule has 2 amide bonds. The lowest BCUT2D eigenvalue weighted by Crippen LogP contribution is -2.45. The number of halogens is 2. The third-order valence-corrected chi connectivity index (χ3v) is 6.95. The van der Waals surface area contributed by atoms with E-state index in [2.05, 4.69) is 5.32 Å². The third-order valence-electron chi connectivity index (χ3n) is 6.95. The van der Waals surface area contributed by atoms with Crippen LogP contribution >= 0.6 is 0 Å². The van der Waals surface area contributed by atoms with Crippen molar-refractivity contribution < 1.29 is 23.5 Å². The quantitative estimate of drug-likeness (QED) is 0.601. The molecule has 0 saturated carbocycles. The molecule has 0 radical (unpaired) electrons. The average Bonchev–Trinajstić information content (AvgIpc) is 3.01. The van der Waals surface area contributed by atoms with Gasteiger partial charge in [0.25, 0.3) is 11.8 Å². The number of rotatable bonds is 3. The van der Waals surface area contributed by atoms with E-state index in [1.165, 1.54) is 21.7 Å². The van der Waals surface area contributed by atoms with E-state index in [0.29, 0.717) is 24.0 Å². The largest absolute Gasteiger partial charge is 0.503 e. The molecule has 2 aromatic carbocycles. The number of nitrogens with zero attached hydrogens (tertiary/aromatic N) is 2. The summed E-state index contributed by atoms with van der Waals surface area (Å²) in [5.41, 5.74) is 0.662. The maximum Gasteiger partial charge on any atom is 0.279 e. The normalized spacial score (nSPS) is 16.4. The molecule has 2 bridgehead atoms. The lowest BCUT2D eigenvalue weighted by atomic mass is 10.0. The Morgan fingerprint density at radius 3 is 2.71 bits per heavy atom. The summed E-state index contributed by atoms with van der Waals surface area (Å²) in [6.45, 7) is 3.40. The van der Waals surface area contributed by atoms with E-state index >= 15 is 0 Å². The molecule has 5 rings (SSSR count). The van der Waals surface area contributed by atoms with Gasteiger partial charge >= 0.3 is 0 Å². The molecule has 3 heterocycles. The minimum atomic E-state index is -1.02. The van der Waals surface area contributed by atoms with E-state index in [9.17, 15) is 28.3 Å². The first kappa shape index (κ1) is 22.8. The molecule has 1 atom stereocenters. The number of nitrogens with one attached hydrogen (secondary N) is 1. The van der Waals surface area contributed by atoms with Crippen molar-refractivity contribution in [2.45, 2.75) is 39.3 Å². The molecule has 35 heavy (non-hydrogen) atoms. The van der Waals surface area contributed by atoms with E-state index < -0.39 is 34.6 Å². The SMILES string of the molecule is Cc1ccc(CNC(=O)c2cn3c(c(O)c2=O)C(=O)N2C[C@@H]3CCc3cccc(F)c32)c(F)c1C. The highest BCUT2D eigenvalue weighted by atomic mass is 19.1. The van der Waals surface area contributed by atoms with E-state index in [4.69, 9.17) is 0 Å². The Bertz CT molecular complexity index is 1460. The molecule has 2 aliphatic rings. The molecule has 0 fully saturated rings. The molecule has 2 N–H and O–H groups in total. The van der Waals surface area contributed by atoms with Crippen LogP contribution in [0.2, 0.25) is 0 Å². The van der Waals surface area contributed by atoms with Gasteiger partial charge in [0, 0.05) is 24.8 Å². The topological polar surface area (TPSA) is 91.6 Å². The number of benzene rings is 2. The Morgan fingerprint density at radius 2 is 1.94 bits per heavy atom. The first-order valence-corrected chi connectivity index (χ1v) is 11.3. The van der Waals surface area contributed by atoms with Crippen molar-refractivity contribution in [3.63, 3.8) is 0 Å². The van der Waals surface area contributed by atoms with Gasteiger partial charge in [-0.3, -0.25) is 14.4 Å². The minimum Gasteiger partial charge on any atom is -0.503 e. The second kappa shape index (κ2) is 8.33. The predicted octanol–water partition coefficient (Wildman–Crippen LogP) is 3.53. The van der Waals surface area contributed by atoms with Crippen LogP contribution in [0, 0.1) is 25.5 Å². The molecule has 180 valence electrons. The first-order valence-electron chi connectivity index (χ1n) is 11.3. The number of carbonyl (C=O) groups is 2. The van der Waals surface area contributed by atoms with Crippen molar-refractivity contribution in [3.8, 4) is 5.75 Å². The zero-order chi connectivity index (χ0) is 25.0. The minimum absolute atomic E-state index is 0.136. The molecular formula is C26H23F2N3O4. The maximum atomic E-state index is 14.6. The predicted molar refractivity (Wildman–Crippen MR) is 125 cm³/mol. The number of carbonyl (C=O) groups excluding carboxylic acids is 2. The monoisotopic (exact) mass is 479 g/mol. The molecular weight excluding hydrogens is 456 g/mol. The van der Waals surface area contributed by atoms with Crippen molar-refractivity contribution in [2.75, 3.05) is 11.4 Å². The second-order valence-corrected chi connectivity index (χ2v) is 9.00. The number of pyridine rings is 1. The molecule has 0 spiro atoms. The van der Waals surface area contributed by atoms with Crippen molar-refractivity contribution in [3.05, 3.63) is 91.9 Å². The number of amides is 2. The molecule has 0 unspecified atom stereocenters. The summed E-state index contributed by atoms with van der Waals surface area (Å²) in [7, 11) is 0. The maximum absolute atomic E-state index is 14.6. The van der Waals surface area contributed by atoms with E-state index in [0.717, 1.165) is 5.56 Å². The van der Waals surface area contributed by atoms with Gasteiger partial charge in [-0.2, -0.15) is 0 Å². The number of anilines is 1. The number of aryl methyl sites for hydroxylation is 2. The highest BCUT2D eigenvalue weighted by Crippen LogP contribution is 2.38. The number of aromatic hydroxyl groups is 1. The van der Waals surface area contributed by atoms with Gasteiger partial charge < -0.3 is 19.9 Å². The van der Waals surface area contributed by atoms with Crippen LogP contribution in [0.4, 0.5) is 14.5 Å². The van der Waals surface area contributed by atoms with Crippen molar-refractivity contribution in [1.29, 1.82) is 0 Å². The summed E-state index contributed by atoms with van der Waals surface area (Å²) in [5.74, 6) is -3.37. The highest BCUT2D eigenvalue weighted by molar-refractivity contribution is 6.08. The molecule has 7 nitrogen and oxygen atoms in total. The van der Waals surface area contributed by atoms with Gasteiger partial charge in [-0.25, -0.2) is 8.78 Å². The molecule has 2 aliphatic heterocycles. The van der Waals surface area contributed by atoms with Crippen LogP contribution in [0.15, 0.2) is 41.3 Å². The Hall–Kier alpha value is -4.01. The standard InChI is InChI=1S/C26H23F2N3O4/c1-13-6-7-16(20(28)14(13)2)10-29-25(34)18-12-30-17-9-8-15-4-3-5-19(27)21(15)31(11-17)26(35)22(30)24(33)23(18)32/h3-7,12,17,33H,8-11H2,1-2H3,(H,29,34)/t17-/m0/s1. The van der Waals surface area contributed by atoms with Gasteiger partial charge in [0.2, 0.25) is 5.43 Å². The van der Waals surface area contributed by atoms with E-state index in [1.54, 1.807) is 38.1 Å². The number of fused-ring (bicyclic) bond motifs is 6. The van der Waals surface area contributed by atoms with Crippen LogP contribution in [0.3, 0.4) is 0 Å². The van der Waals surface area contributed by atoms with Crippen LogP contribution in [0.5, 0.6) is 5.75 Å². The van der Waals surface area contributed by atoms with Gasteiger partial charge in [-0.15, -0.1) is 0 Å². The molecule has 9 heteroatoms. The number of aromatic nitrogens is 1. The van der Waals surface area contributed by atoms with Crippen molar-refractivity contribution in [2.24, 2.45) is 0 Å². The van der Waals surface area contributed by atoms with Crippen LogP contribution in [0.1, 0.15) is 55.6 Å².